The largest absolute Gasteiger partial charge is 0.478 e. The molecule has 3 aromatic rings. The summed E-state index contributed by atoms with van der Waals surface area (Å²) >= 11 is 0. The number of benzene rings is 2. The maximum atomic E-state index is 11.5. The maximum absolute atomic E-state index is 11.5. The summed E-state index contributed by atoms with van der Waals surface area (Å²) in [7, 11) is 0. The molecule has 1 N–H and O–H groups in total. The van der Waals surface area contributed by atoms with E-state index in [2.05, 4.69) is 27.0 Å². The van der Waals surface area contributed by atoms with Gasteiger partial charge in [-0.1, -0.05) is 42.5 Å². The quantitative estimate of drug-likeness (QED) is 0.725. The van der Waals surface area contributed by atoms with E-state index in [0.717, 1.165) is 49.3 Å². The van der Waals surface area contributed by atoms with Crippen LogP contribution in [0.25, 0.3) is 11.1 Å². The van der Waals surface area contributed by atoms with Crippen molar-refractivity contribution in [1.82, 2.24) is 14.9 Å². The van der Waals surface area contributed by atoms with Gasteiger partial charge in [-0.05, 0) is 42.1 Å². The van der Waals surface area contributed by atoms with Crippen LogP contribution in [-0.4, -0.2) is 39.0 Å². The van der Waals surface area contributed by atoms with Crippen LogP contribution in [0, 0.1) is 0 Å². The first-order valence-corrected chi connectivity index (χ1v) is 9.60. The first kappa shape index (κ1) is 18.3. The number of rotatable bonds is 5. The molecule has 1 aliphatic rings. The molecule has 1 atom stereocenters. The number of aromatic carboxylic acids is 1. The van der Waals surface area contributed by atoms with Crippen LogP contribution in [-0.2, 0) is 6.54 Å². The summed E-state index contributed by atoms with van der Waals surface area (Å²) in [5.74, 6) is -0.466. The molecule has 0 amide bonds. The van der Waals surface area contributed by atoms with Crippen molar-refractivity contribution < 1.29 is 9.90 Å². The van der Waals surface area contributed by atoms with E-state index in [1.54, 1.807) is 24.5 Å². The molecule has 28 heavy (non-hydrogen) atoms. The van der Waals surface area contributed by atoms with E-state index < -0.39 is 5.97 Å². The van der Waals surface area contributed by atoms with Gasteiger partial charge in [0.2, 0.25) is 0 Å². The third kappa shape index (κ3) is 4.10. The van der Waals surface area contributed by atoms with Crippen LogP contribution in [0.2, 0.25) is 0 Å². The molecule has 2 aromatic carbocycles. The summed E-state index contributed by atoms with van der Waals surface area (Å²) in [6.45, 7) is 2.96. The van der Waals surface area contributed by atoms with Crippen LogP contribution in [0.3, 0.4) is 0 Å². The Bertz CT molecular complexity index is 942. The van der Waals surface area contributed by atoms with Crippen molar-refractivity contribution in [3.05, 3.63) is 83.9 Å². The third-order valence-corrected chi connectivity index (χ3v) is 5.34. The van der Waals surface area contributed by atoms with E-state index >= 15 is 0 Å². The van der Waals surface area contributed by atoms with Gasteiger partial charge in [0.1, 0.15) is 0 Å². The molecule has 4 rings (SSSR count). The summed E-state index contributed by atoms with van der Waals surface area (Å²) in [4.78, 5) is 22.6. The lowest BCUT2D eigenvalue weighted by molar-refractivity contribution is 0.0697. The van der Waals surface area contributed by atoms with Crippen molar-refractivity contribution in [3.8, 4) is 11.1 Å². The van der Waals surface area contributed by atoms with Crippen LogP contribution >= 0.6 is 0 Å². The van der Waals surface area contributed by atoms with Crippen molar-refractivity contribution in [3.63, 3.8) is 0 Å². The molecule has 142 valence electrons. The topological polar surface area (TPSA) is 66.3 Å². The lowest BCUT2D eigenvalue weighted by Crippen LogP contribution is -2.34. The molecule has 5 heteroatoms. The Hall–Kier alpha value is -3.05. The maximum Gasteiger partial charge on any atom is 0.336 e. The number of likely N-dealkylation sites (tertiary alicyclic amines) is 1. The highest BCUT2D eigenvalue weighted by atomic mass is 16.4. The standard InChI is InChI=1S/C23H23N3O2/c27-23(28)21-6-2-1-5-20(21)18-9-7-17(8-10-18)15-26-13-3-4-19(16-26)22-14-24-11-12-25-22/h1-2,5-12,14,19H,3-4,13,15-16H2,(H,27,28)/t19-/m0/s1. The van der Waals surface area contributed by atoms with Crippen molar-refractivity contribution in [2.75, 3.05) is 13.1 Å². The van der Waals surface area contributed by atoms with E-state index in [1.807, 2.05) is 30.5 Å². The van der Waals surface area contributed by atoms with Gasteiger partial charge in [0.25, 0.3) is 0 Å². The Kier molecular flexibility index (Phi) is 5.44. The highest BCUT2D eigenvalue weighted by Gasteiger charge is 2.22. The first-order valence-electron chi connectivity index (χ1n) is 9.60. The molecule has 0 unspecified atom stereocenters. The second kappa shape index (κ2) is 8.31. The molecular weight excluding hydrogens is 350 g/mol. The first-order chi connectivity index (χ1) is 13.7. The second-order valence-electron chi connectivity index (χ2n) is 7.25. The third-order valence-electron chi connectivity index (χ3n) is 5.34. The van der Waals surface area contributed by atoms with Crippen molar-refractivity contribution in [1.29, 1.82) is 0 Å². The van der Waals surface area contributed by atoms with Crippen molar-refractivity contribution in [2.24, 2.45) is 0 Å². The SMILES string of the molecule is O=C(O)c1ccccc1-c1ccc(CN2CCC[C@H](c3cnccn3)C2)cc1. The predicted octanol–water partition coefficient (Wildman–Crippen LogP) is 4.22. The van der Waals surface area contributed by atoms with Crippen molar-refractivity contribution >= 4 is 5.97 Å². The van der Waals surface area contributed by atoms with E-state index in [1.165, 1.54) is 5.56 Å². The molecule has 0 bridgehead atoms. The number of aromatic nitrogens is 2. The van der Waals surface area contributed by atoms with Gasteiger partial charge in [-0.15, -0.1) is 0 Å². The Morgan fingerprint density at radius 3 is 2.68 bits per heavy atom. The van der Waals surface area contributed by atoms with Crippen LogP contribution in [0.5, 0.6) is 0 Å². The van der Waals surface area contributed by atoms with Crippen molar-refractivity contribution in [2.45, 2.75) is 25.3 Å². The van der Waals surface area contributed by atoms with Gasteiger partial charge >= 0.3 is 5.97 Å². The van der Waals surface area contributed by atoms with Gasteiger partial charge in [0.15, 0.2) is 0 Å². The molecule has 1 fully saturated rings. The number of nitrogens with zero attached hydrogens (tertiary/aromatic N) is 3. The smallest absolute Gasteiger partial charge is 0.336 e. The van der Waals surface area contributed by atoms with Gasteiger partial charge < -0.3 is 5.11 Å². The average molecular weight is 373 g/mol. The zero-order valence-electron chi connectivity index (χ0n) is 15.7. The van der Waals surface area contributed by atoms with Gasteiger partial charge in [0.05, 0.1) is 11.3 Å². The Morgan fingerprint density at radius 2 is 1.93 bits per heavy atom. The Morgan fingerprint density at radius 1 is 1.11 bits per heavy atom. The predicted molar refractivity (Wildman–Crippen MR) is 108 cm³/mol. The molecular formula is C23H23N3O2. The van der Waals surface area contributed by atoms with Gasteiger partial charge in [-0.3, -0.25) is 14.9 Å². The monoisotopic (exact) mass is 373 g/mol. The molecule has 1 aromatic heterocycles. The number of carboxylic acid groups (broad SMARTS) is 1. The van der Waals surface area contributed by atoms with Crippen LogP contribution in [0.15, 0.2) is 67.1 Å². The summed E-state index contributed by atoms with van der Waals surface area (Å²) < 4.78 is 0. The van der Waals surface area contributed by atoms with E-state index in [4.69, 9.17) is 0 Å². The summed E-state index contributed by atoms with van der Waals surface area (Å²) in [6, 6.07) is 15.4. The highest BCUT2D eigenvalue weighted by Crippen LogP contribution is 2.27. The van der Waals surface area contributed by atoms with E-state index in [0.29, 0.717) is 11.5 Å². The summed E-state index contributed by atoms with van der Waals surface area (Å²) in [5, 5.41) is 9.40. The number of hydrogen-bond donors (Lipinski definition) is 1. The van der Waals surface area contributed by atoms with Gasteiger partial charge in [0, 0.05) is 37.6 Å². The van der Waals surface area contributed by atoms with Crippen LogP contribution < -0.4 is 0 Å². The van der Waals surface area contributed by atoms with Gasteiger partial charge in [-0.25, -0.2) is 4.79 Å². The van der Waals surface area contributed by atoms with Crippen LogP contribution in [0.4, 0.5) is 0 Å². The fourth-order valence-electron chi connectivity index (χ4n) is 3.93. The molecule has 1 aliphatic heterocycles. The number of hydrogen-bond acceptors (Lipinski definition) is 4. The molecule has 5 nitrogen and oxygen atoms in total. The highest BCUT2D eigenvalue weighted by molar-refractivity contribution is 5.95. The normalized spacial score (nSPS) is 17.4. The number of piperidine rings is 1. The fourth-order valence-corrected chi connectivity index (χ4v) is 3.93. The molecule has 0 radical (unpaired) electrons. The van der Waals surface area contributed by atoms with E-state index in [-0.39, 0.29) is 0 Å². The average Bonchev–Trinajstić information content (AvgIpc) is 2.75. The molecule has 0 saturated carbocycles. The summed E-state index contributed by atoms with van der Waals surface area (Å²) in [6.07, 6.45) is 7.67. The summed E-state index contributed by atoms with van der Waals surface area (Å²) in [5.41, 5.74) is 4.32. The van der Waals surface area contributed by atoms with Gasteiger partial charge in [-0.2, -0.15) is 0 Å². The van der Waals surface area contributed by atoms with Crippen LogP contribution in [0.1, 0.15) is 40.4 Å². The lowest BCUT2D eigenvalue weighted by atomic mass is 9.94. The number of carboxylic acids is 1. The molecule has 0 aliphatic carbocycles. The lowest BCUT2D eigenvalue weighted by Gasteiger charge is -2.32. The molecule has 2 heterocycles. The Balaban J connectivity index is 1.46. The molecule has 1 saturated heterocycles. The molecule has 0 spiro atoms. The number of carbonyl (C=O) groups is 1. The van der Waals surface area contributed by atoms with E-state index in [9.17, 15) is 9.90 Å². The minimum atomic E-state index is -0.900. The minimum absolute atomic E-state index is 0.332. The Labute approximate surface area is 164 Å². The fraction of sp³-hybridized carbons (Fsp3) is 0.261. The second-order valence-corrected chi connectivity index (χ2v) is 7.25. The zero-order chi connectivity index (χ0) is 19.3. The zero-order valence-corrected chi connectivity index (χ0v) is 15.7. The minimum Gasteiger partial charge on any atom is -0.478 e.